The average molecular weight is 529 g/mol. The second kappa shape index (κ2) is 11.6. The van der Waals surface area contributed by atoms with Crippen molar-refractivity contribution in [1.82, 2.24) is 15.2 Å². The molecule has 0 aliphatic carbocycles. The summed E-state index contributed by atoms with van der Waals surface area (Å²) in [5.74, 6) is -0.324. The molecule has 0 unspecified atom stereocenters. The molecule has 0 spiro atoms. The predicted molar refractivity (Wildman–Crippen MR) is 145 cm³/mol. The Kier molecular flexibility index (Phi) is 8.49. The molecule has 36 heavy (non-hydrogen) atoms. The van der Waals surface area contributed by atoms with Crippen LogP contribution in [0.2, 0.25) is 5.02 Å². The van der Waals surface area contributed by atoms with Gasteiger partial charge in [0.25, 0.3) is 0 Å². The number of likely N-dealkylation sites (N-methyl/N-ethyl adjacent to an activating group) is 1. The molecule has 4 rings (SSSR count). The van der Waals surface area contributed by atoms with E-state index in [0.29, 0.717) is 18.1 Å². The van der Waals surface area contributed by atoms with Crippen LogP contribution >= 0.6 is 11.6 Å². The highest BCUT2D eigenvalue weighted by molar-refractivity contribution is 7.91. The minimum absolute atomic E-state index is 0.0333. The summed E-state index contributed by atoms with van der Waals surface area (Å²) < 4.78 is 26.1. The third-order valence-electron chi connectivity index (χ3n) is 6.79. The summed E-state index contributed by atoms with van der Waals surface area (Å²) in [4.78, 5) is 22.0. The third kappa shape index (κ3) is 6.35. The highest BCUT2D eigenvalue weighted by atomic mass is 35.5. The SMILES string of the molecule is CNCCN(C(=O)CCS(=O)(=O)c1ccc2cc(Cl)ccc2c1)C1CCN(c2ccnc(C)c2)CC1. The van der Waals surface area contributed by atoms with Crippen LogP contribution in [0.15, 0.2) is 59.6 Å². The third-order valence-corrected chi connectivity index (χ3v) is 8.74. The van der Waals surface area contributed by atoms with Crippen molar-refractivity contribution >= 4 is 43.8 Å². The first-order chi connectivity index (χ1) is 17.3. The van der Waals surface area contributed by atoms with Gasteiger partial charge in [0, 0.05) is 61.2 Å². The van der Waals surface area contributed by atoms with Crippen LogP contribution in [-0.2, 0) is 14.6 Å². The highest BCUT2D eigenvalue weighted by Crippen LogP contribution is 2.25. The fourth-order valence-electron chi connectivity index (χ4n) is 4.78. The Morgan fingerprint density at radius 2 is 1.83 bits per heavy atom. The number of aryl methyl sites for hydroxylation is 1. The van der Waals surface area contributed by atoms with Gasteiger partial charge in [-0.15, -0.1) is 0 Å². The molecule has 1 amide bonds. The fourth-order valence-corrected chi connectivity index (χ4v) is 6.22. The van der Waals surface area contributed by atoms with Crippen LogP contribution < -0.4 is 10.2 Å². The fraction of sp³-hybridized carbons (Fsp3) is 0.407. The molecule has 1 aliphatic heterocycles. The monoisotopic (exact) mass is 528 g/mol. The number of rotatable bonds is 9. The molecule has 2 aromatic carbocycles. The van der Waals surface area contributed by atoms with Crippen LogP contribution in [-0.4, -0.2) is 69.2 Å². The molecule has 7 nitrogen and oxygen atoms in total. The topological polar surface area (TPSA) is 82.6 Å². The number of hydrogen-bond acceptors (Lipinski definition) is 6. The van der Waals surface area contributed by atoms with Gasteiger partial charge in [-0.3, -0.25) is 9.78 Å². The molecule has 0 saturated carbocycles. The van der Waals surface area contributed by atoms with Gasteiger partial charge in [0.05, 0.1) is 10.6 Å². The number of hydrogen-bond donors (Lipinski definition) is 1. The van der Waals surface area contributed by atoms with Crippen LogP contribution in [0.25, 0.3) is 10.8 Å². The lowest BCUT2D eigenvalue weighted by atomic mass is 10.0. The second-order valence-electron chi connectivity index (χ2n) is 9.29. The van der Waals surface area contributed by atoms with E-state index in [1.54, 1.807) is 36.4 Å². The van der Waals surface area contributed by atoms with Gasteiger partial charge >= 0.3 is 0 Å². The second-order valence-corrected chi connectivity index (χ2v) is 11.8. The zero-order chi connectivity index (χ0) is 25.7. The number of aromatic nitrogens is 1. The Hall–Kier alpha value is -2.68. The smallest absolute Gasteiger partial charge is 0.223 e. The van der Waals surface area contributed by atoms with Gasteiger partial charge < -0.3 is 15.1 Å². The number of halogens is 1. The molecule has 0 radical (unpaired) electrons. The Balaban J connectivity index is 1.40. The normalized spacial score (nSPS) is 14.8. The molecule has 192 valence electrons. The zero-order valence-electron chi connectivity index (χ0n) is 20.8. The number of sulfone groups is 1. The molecule has 0 atom stereocenters. The number of amides is 1. The maximum absolute atomic E-state index is 13.3. The maximum Gasteiger partial charge on any atom is 0.223 e. The quantitative estimate of drug-likeness (QED) is 0.450. The van der Waals surface area contributed by atoms with Crippen molar-refractivity contribution in [2.45, 2.75) is 37.1 Å². The number of piperidine rings is 1. The summed E-state index contributed by atoms with van der Waals surface area (Å²) in [6.07, 6.45) is 3.48. The van der Waals surface area contributed by atoms with Crippen molar-refractivity contribution in [2.24, 2.45) is 0 Å². The Bertz CT molecular complexity index is 1320. The summed E-state index contributed by atoms with van der Waals surface area (Å²) in [6.45, 7) is 4.89. The number of fused-ring (bicyclic) bond motifs is 1. The predicted octanol–water partition coefficient (Wildman–Crippen LogP) is 4.08. The standard InChI is InChI=1S/C27H33ClN4O3S/c1-20-17-25(7-11-30-20)31-13-8-24(9-14-31)32(15-12-29-2)27(33)10-16-36(34,35)26-6-4-21-18-23(28)5-3-22(21)19-26/h3-7,11,17-19,24,29H,8-10,12-16H2,1-2H3. The first-order valence-electron chi connectivity index (χ1n) is 12.3. The number of nitrogens with zero attached hydrogens (tertiary/aromatic N) is 3. The Labute approximate surface area is 218 Å². The highest BCUT2D eigenvalue weighted by Gasteiger charge is 2.29. The van der Waals surface area contributed by atoms with Crippen LogP contribution in [0, 0.1) is 6.92 Å². The van der Waals surface area contributed by atoms with E-state index in [4.69, 9.17) is 11.6 Å². The molecule has 0 bridgehead atoms. The zero-order valence-corrected chi connectivity index (χ0v) is 22.4. The first kappa shape index (κ1) is 26.4. The lowest BCUT2D eigenvalue weighted by Gasteiger charge is -2.39. The van der Waals surface area contributed by atoms with Gasteiger partial charge in [0.2, 0.25) is 5.91 Å². The summed E-state index contributed by atoms with van der Waals surface area (Å²) in [5.41, 5.74) is 2.13. The van der Waals surface area contributed by atoms with Gasteiger partial charge in [0.1, 0.15) is 0 Å². The van der Waals surface area contributed by atoms with Gasteiger partial charge in [-0.25, -0.2) is 8.42 Å². The molecule has 9 heteroatoms. The molecule has 1 fully saturated rings. The summed E-state index contributed by atoms with van der Waals surface area (Å²) >= 11 is 6.04. The number of pyridine rings is 1. The van der Waals surface area contributed by atoms with Crippen molar-refractivity contribution in [3.63, 3.8) is 0 Å². The van der Waals surface area contributed by atoms with Crippen molar-refractivity contribution in [3.8, 4) is 0 Å². The first-order valence-corrected chi connectivity index (χ1v) is 14.3. The lowest BCUT2D eigenvalue weighted by Crippen LogP contribution is -2.49. The molecule has 1 N–H and O–H groups in total. The minimum Gasteiger partial charge on any atom is -0.371 e. The number of carbonyl (C=O) groups excluding carboxylic acids is 1. The maximum atomic E-state index is 13.3. The molecule has 1 aromatic heterocycles. The molecule has 3 aromatic rings. The molecule has 2 heterocycles. The van der Waals surface area contributed by atoms with Crippen LogP contribution in [0.4, 0.5) is 5.69 Å². The minimum atomic E-state index is -3.60. The number of carbonyl (C=O) groups is 1. The van der Waals surface area contributed by atoms with Crippen molar-refractivity contribution in [1.29, 1.82) is 0 Å². The van der Waals surface area contributed by atoms with Gasteiger partial charge in [-0.05, 0) is 74.0 Å². The van der Waals surface area contributed by atoms with Crippen molar-refractivity contribution in [2.75, 3.05) is 43.9 Å². The van der Waals surface area contributed by atoms with Crippen LogP contribution in [0.1, 0.15) is 25.0 Å². The van der Waals surface area contributed by atoms with E-state index in [1.165, 1.54) is 0 Å². The van der Waals surface area contributed by atoms with E-state index >= 15 is 0 Å². The molecular formula is C27H33ClN4O3S. The van der Waals surface area contributed by atoms with Crippen LogP contribution in [0.5, 0.6) is 0 Å². The largest absolute Gasteiger partial charge is 0.371 e. The Morgan fingerprint density at radius 1 is 1.11 bits per heavy atom. The molecule has 1 saturated heterocycles. The van der Waals surface area contributed by atoms with E-state index in [2.05, 4.69) is 21.3 Å². The van der Waals surface area contributed by atoms with Crippen molar-refractivity contribution in [3.05, 3.63) is 65.4 Å². The van der Waals surface area contributed by atoms with E-state index in [1.807, 2.05) is 31.1 Å². The van der Waals surface area contributed by atoms with E-state index < -0.39 is 9.84 Å². The molecule has 1 aliphatic rings. The number of anilines is 1. The summed E-state index contributed by atoms with van der Waals surface area (Å²) in [5, 5.41) is 5.40. The number of benzene rings is 2. The van der Waals surface area contributed by atoms with Gasteiger partial charge in [-0.1, -0.05) is 23.7 Å². The summed E-state index contributed by atoms with van der Waals surface area (Å²) in [7, 11) is -1.75. The van der Waals surface area contributed by atoms with Gasteiger partial charge in [-0.2, -0.15) is 0 Å². The van der Waals surface area contributed by atoms with E-state index in [-0.39, 0.29) is 29.0 Å². The van der Waals surface area contributed by atoms with Crippen molar-refractivity contribution < 1.29 is 13.2 Å². The Morgan fingerprint density at radius 3 is 2.56 bits per heavy atom. The van der Waals surface area contributed by atoms with Crippen LogP contribution in [0.3, 0.4) is 0 Å². The summed E-state index contributed by atoms with van der Waals surface area (Å²) in [6, 6.07) is 14.5. The average Bonchev–Trinajstić information content (AvgIpc) is 2.87. The van der Waals surface area contributed by atoms with E-state index in [0.717, 1.165) is 48.1 Å². The van der Waals surface area contributed by atoms with E-state index in [9.17, 15) is 13.2 Å². The van der Waals surface area contributed by atoms with Gasteiger partial charge in [0.15, 0.2) is 9.84 Å². The molecular weight excluding hydrogens is 496 g/mol. The lowest BCUT2D eigenvalue weighted by molar-refractivity contribution is -0.133. The number of nitrogens with one attached hydrogen (secondary N) is 1.